The predicted molar refractivity (Wildman–Crippen MR) is 117 cm³/mol. The molecule has 2 amide bonds. The highest BCUT2D eigenvalue weighted by atomic mass is 32.2. The topological polar surface area (TPSA) is 55.4 Å². The third-order valence-electron chi connectivity index (χ3n) is 5.43. The van der Waals surface area contributed by atoms with E-state index in [1.165, 1.54) is 11.1 Å². The number of rotatable bonds is 2. The Bertz CT molecular complexity index is 1230. The second-order valence-electron chi connectivity index (χ2n) is 8.06. The average Bonchev–Trinajstić information content (AvgIpc) is 3.18. The number of fused-ring (bicyclic) bond motifs is 2. The van der Waals surface area contributed by atoms with Crippen LogP contribution < -0.4 is 10.1 Å². The highest BCUT2D eigenvalue weighted by Gasteiger charge is 2.31. The first kappa shape index (κ1) is 18.0. The maximum absolute atomic E-state index is 11.8. The van der Waals surface area contributed by atoms with E-state index in [2.05, 4.69) is 55.6 Å². The smallest absolute Gasteiger partial charge is 0.290 e. The summed E-state index contributed by atoms with van der Waals surface area (Å²) in [7, 11) is 0. The number of hydrogen-bond acceptors (Lipinski definition) is 4. The van der Waals surface area contributed by atoms with Crippen LogP contribution in [0.5, 0.6) is 5.75 Å². The maximum atomic E-state index is 11.8. The van der Waals surface area contributed by atoms with Crippen molar-refractivity contribution in [1.82, 2.24) is 5.32 Å². The van der Waals surface area contributed by atoms with Crippen LogP contribution >= 0.6 is 11.8 Å². The minimum atomic E-state index is -0.334. The summed E-state index contributed by atoms with van der Waals surface area (Å²) in [5.74, 6) is 0.642. The summed E-state index contributed by atoms with van der Waals surface area (Å²) < 4.78 is 5.80. The van der Waals surface area contributed by atoms with Crippen molar-refractivity contribution < 1.29 is 14.3 Å². The van der Waals surface area contributed by atoms with Gasteiger partial charge in [0.25, 0.3) is 11.1 Å². The second-order valence-corrected chi connectivity index (χ2v) is 9.07. The summed E-state index contributed by atoms with van der Waals surface area (Å²) in [4.78, 5) is 23.5. The van der Waals surface area contributed by atoms with E-state index in [-0.39, 0.29) is 16.6 Å². The van der Waals surface area contributed by atoms with Gasteiger partial charge in [0, 0.05) is 11.0 Å². The second kappa shape index (κ2) is 6.49. The van der Waals surface area contributed by atoms with Crippen LogP contribution in [-0.2, 0) is 10.2 Å². The van der Waals surface area contributed by atoms with Gasteiger partial charge in [0.05, 0.1) is 11.5 Å². The Balaban J connectivity index is 1.50. The van der Waals surface area contributed by atoms with Crippen LogP contribution in [0.25, 0.3) is 28.0 Å². The fourth-order valence-corrected chi connectivity index (χ4v) is 4.49. The third kappa shape index (κ3) is 3.21. The molecule has 0 bridgehead atoms. The summed E-state index contributed by atoms with van der Waals surface area (Å²) in [6, 6.07) is 18.8. The van der Waals surface area contributed by atoms with Gasteiger partial charge in [0.15, 0.2) is 0 Å². The first-order chi connectivity index (χ1) is 13.9. The molecule has 0 spiro atoms. The van der Waals surface area contributed by atoms with E-state index in [1.807, 2.05) is 18.2 Å². The van der Waals surface area contributed by atoms with Crippen molar-refractivity contribution in [3.63, 3.8) is 0 Å². The molecule has 29 heavy (non-hydrogen) atoms. The molecule has 0 radical (unpaired) electrons. The van der Waals surface area contributed by atoms with Gasteiger partial charge in [-0.25, -0.2) is 0 Å². The summed E-state index contributed by atoms with van der Waals surface area (Å²) in [6.45, 7) is 5.12. The first-order valence-corrected chi connectivity index (χ1v) is 10.3. The van der Waals surface area contributed by atoms with E-state index in [9.17, 15) is 9.59 Å². The van der Waals surface area contributed by atoms with Crippen LogP contribution in [-0.4, -0.2) is 17.8 Å². The third-order valence-corrected chi connectivity index (χ3v) is 6.25. The maximum Gasteiger partial charge on any atom is 0.290 e. The van der Waals surface area contributed by atoms with Crippen LogP contribution in [0.2, 0.25) is 0 Å². The summed E-state index contributed by atoms with van der Waals surface area (Å²) >= 11 is 0.934. The Morgan fingerprint density at radius 3 is 2.48 bits per heavy atom. The zero-order valence-electron chi connectivity index (χ0n) is 16.1. The Kier molecular flexibility index (Phi) is 4.03. The lowest BCUT2D eigenvalue weighted by Crippen LogP contribution is -2.18. The van der Waals surface area contributed by atoms with Gasteiger partial charge >= 0.3 is 0 Å². The van der Waals surface area contributed by atoms with Gasteiger partial charge in [0.2, 0.25) is 0 Å². The molecule has 2 aliphatic rings. The normalized spacial score (nSPS) is 18.8. The quantitative estimate of drug-likeness (QED) is 0.576. The number of imide groups is 1. The SMILES string of the molecule is CC1(C)COc2ccc(-c3ccc4cc(/C=C5\SC(=O)NC5=O)ccc4c3)cc21. The van der Waals surface area contributed by atoms with Gasteiger partial charge in [0.1, 0.15) is 5.75 Å². The molecule has 3 aromatic carbocycles. The molecular weight excluding hydrogens is 382 g/mol. The Labute approximate surface area is 172 Å². The molecule has 0 unspecified atom stereocenters. The van der Waals surface area contributed by atoms with E-state index >= 15 is 0 Å². The van der Waals surface area contributed by atoms with Crippen molar-refractivity contribution in [1.29, 1.82) is 0 Å². The number of benzene rings is 3. The van der Waals surface area contributed by atoms with E-state index in [0.717, 1.165) is 39.4 Å². The van der Waals surface area contributed by atoms with Crippen molar-refractivity contribution in [2.24, 2.45) is 0 Å². The van der Waals surface area contributed by atoms with Gasteiger partial charge in [-0.05, 0) is 69.6 Å². The molecule has 2 aliphatic heterocycles. The van der Waals surface area contributed by atoms with E-state index in [0.29, 0.717) is 11.5 Å². The molecular formula is C24H19NO3S. The predicted octanol–water partition coefficient (Wildman–Crippen LogP) is 5.50. The zero-order chi connectivity index (χ0) is 20.2. The largest absolute Gasteiger partial charge is 0.492 e. The molecule has 0 aromatic heterocycles. The number of carbonyl (C=O) groups is 2. The molecule has 0 atom stereocenters. The summed E-state index contributed by atoms with van der Waals surface area (Å²) in [5, 5.41) is 4.17. The van der Waals surface area contributed by atoms with Crippen LogP contribution in [0, 0.1) is 0 Å². The zero-order valence-corrected chi connectivity index (χ0v) is 16.9. The number of hydrogen-bond donors (Lipinski definition) is 1. The molecule has 0 saturated carbocycles. The first-order valence-electron chi connectivity index (χ1n) is 9.45. The van der Waals surface area contributed by atoms with Crippen LogP contribution in [0.4, 0.5) is 4.79 Å². The number of nitrogens with one attached hydrogen (secondary N) is 1. The van der Waals surface area contributed by atoms with E-state index in [4.69, 9.17) is 4.74 Å². The highest BCUT2D eigenvalue weighted by Crippen LogP contribution is 2.40. The van der Waals surface area contributed by atoms with Crippen LogP contribution in [0.15, 0.2) is 59.5 Å². The lowest BCUT2D eigenvalue weighted by Gasteiger charge is -2.16. The molecule has 5 heteroatoms. The molecule has 2 heterocycles. The van der Waals surface area contributed by atoms with E-state index < -0.39 is 0 Å². The van der Waals surface area contributed by atoms with Crippen molar-refractivity contribution in [2.75, 3.05) is 6.61 Å². The minimum absolute atomic E-state index is 0.0243. The van der Waals surface area contributed by atoms with Crippen molar-refractivity contribution in [3.8, 4) is 16.9 Å². The number of carbonyl (C=O) groups excluding carboxylic acids is 2. The Morgan fingerprint density at radius 2 is 1.69 bits per heavy atom. The van der Waals surface area contributed by atoms with Crippen LogP contribution in [0.1, 0.15) is 25.0 Å². The summed E-state index contributed by atoms with van der Waals surface area (Å²) in [6.07, 6.45) is 1.75. The minimum Gasteiger partial charge on any atom is -0.492 e. The standard InChI is InChI=1S/C24H19NO3S/c1-24(2)13-28-20-8-7-18(12-19(20)24)17-6-5-15-9-14(3-4-16(15)11-17)10-21-22(26)25-23(27)29-21/h3-12H,13H2,1-2H3,(H,25,26,27)/b21-10-. The summed E-state index contributed by atoms with van der Waals surface area (Å²) in [5.41, 5.74) is 4.50. The van der Waals surface area contributed by atoms with Crippen molar-refractivity contribution >= 4 is 39.8 Å². The fourth-order valence-electron chi connectivity index (χ4n) is 3.81. The fraction of sp³-hybridized carbons (Fsp3) is 0.167. The Morgan fingerprint density at radius 1 is 0.966 bits per heavy atom. The van der Waals surface area contributed by atoms with Gasteiger partial charge in [-0.1, -0.05) is 44.2 Å². The molecule has 1 saturated heterocycles. The molecule has 5 rings (SSSR count). The number of amides is 2. The average molecular weight is 401 g/mol. The van der Waals surface area contributed by atoms with Crippen molar-refractivity contribution in [3.05, 3.63) is 70.6 Å². The monoisotopic (exact) mass is 401 g/mol. The number of ether oxygens (including phenoxy) is 1. The van der Waals surface area contributed by atoms with E-state index in [1.54, 1.807) is 6.08 Å². The van der Waals surface area contributed by atoms with Crippen LogP contribution in [0.3, 0.4) is 0 Å². The number of thioether (sulfide) groups is 1. The lowest BCUT2D eigenvalue weighted by molar-refractivity contribution is -0.115. The molecule has 0 aliphatic carbocycles. The van der Waals surface area contributed by atoms with Gasteiger partial charge < -0.3 is 4.74 Å². The van der Waals surface area contributed by atoms with Gasteiger partial charge in [-0.2, -0.15) is 0 Å². The molecule has 3 aromatic rings. The highest BCUT2D eigenvalue weighted by molar-refractivity contribution is 8.18. The van der Waals surface area contributed by atoms with Gasteiger partial charge in [-0.15, -0.1) is 0 Å². The molecule has 4 nitrogen and oxygen atoms in total. The van der Waals surface area contributed by atoms with Gasteiger partial charge in [-0.3, -0.25) is 14.9 Å². The molecule has 1 N–H and O–H groups in total. The lowest BCUT2D eigenvalue weighted by atomic mass is 9.85. The molecule has 1 fully saturated rings. The van der Waals surface area contributed by atoms with Crippen molar-refractivity contribution in [2.45, 2.75) is 19.3 Å². The molecule has 144 valence electrons. The Hall–Kier alpha value is -3.05.